The molecule has 0 aromatic heterocycles. The average molecular weight is 454 g/mol. The van der Waals surface area contributed by atoms with Gasteiger partial charge >= 0.3 is 0 Å². The minimum atomic E-state index is 0.287. The van der Waals surface area contributed by atoms with Gasteiger partial charge in [0.05, 0.1) is 12.6 Å². The summed E-state index contributed by atoms with van der Waals surface area (Å²) < 4.78 is 6.03. The van der Waals surface area contributed by atoms with Crippen LogP contribution < -0.4 is 0 Å². The molecule has 3 nitrogen and oxygen atoms in total. The van der Waals surface area contributed by atoms with Crippen LogP contribution in [0.2, 0.25) is 0 Å². The maximum absolute atomic E-state index is 6.03. The lowest BCUT2D eigenvalue weighted by Crippen LogP contribution is -2.33. The van der Waals surface area contributed by atoms with Crippen LogP contribution in [0, 0.1) is 0 Å². The second-order valence-electron chi connectivity index (χ2n) is 6.26. The van der Waals surface area contributed by atoms with Crippen molar-refractivity contribution in [3.8, 4) is 0 Å². The third-order valence-corrected chi connectivity index (χ3v) is 5.55. The summed E-state index contributed by atoms with van der Waals surface area (Å²) in [4.78, 5) is 5.06. The Bertz CT molecular complexity index is 547. The standard InChI is InChI=1S/C19H24IN2OP/c20-24-23-19-15-21(13-17-7-3-1-4-8-17)11-12-22(16-19)14-18-9-5-2-6-10-18/h1-10,19,24H,11-16H2. The Labute approximate surface area is 159 Å². The van der Waals surface area contributed by atoms with Crippen LogP contribution in [0.3, 0.4) is 0 Å². The van der Waals surface area contributed by atoms with Crippen LogP contribution in [0.25, 0.3) is 0 Å². The Hall–Kier alpha value is -0.520. The Morgan fingerprint density at radius 3 is 1.71 bits per heavy atom. The van der Waals surface area contributed by atoms with Crippen molar-refractivity contribution in [2.24, 2.45) is 0 Å². The molecule has 3 rings (SSSR count). The van der Waals surface area contributed by atoms with Gasteiger partial charge in [0.2, 0.25) is 0 Å². The lowest BCUT2D eigenvalue weighted by molar-refractivity contribution is 0.147. The molecule has 1 fully saturated rings. The second-order valence-corrected chi connectivity index (χ2v) is 7.97. The largest absolute Gasteiger partial charge is 0.346 e. The third kappa shape index (κ3) is 5.78. The Kier molecular flexibility index (Phi) is 7.49. The lowest BCUT2D eigenvalue weighted by Gasteiger charge is -2.24. The summed E-state index contributed by atoms with van der Waals surface area (Å²) in [6, 6.07) is 21.5. The van der Waals surface area contributed by atoms with Gasteiger partial charge in [-0.05, 0) is 33.2 Å². The highest BCUT2D eigenvalue weighted by Crippen LogP contribution is 2.26. The molecular weight excluding hydrogens is 430 g/mol. The molecule has 2 aromatic rings. The van der Waals surface area contributed by atoms with E-state index in [1.165, 1.54) is 11.1 Å². The molecule has 0 bridgehead atoms. The number of hydrogen-bond acceptors (Lipinski definition) is 3. The molecule has 1 unspecified atom stereocenters. The van der Waals surface area contributed by atoms with E-state index in [0.29, 0.717) is 6.45 Å². The second kappa shape index (κ2) is 9.83. The molecule has 0 spiro atoms. The van der Waals surface area contributed by atoms with Crippen molar-refractivity contribution < 1.29 is 4.52 Å². The van der Waals surface area contributed by atoms with Crippen molar-refractivity contribution in [1.29, 1.82) is 0 Å². The number of rotatable bonds is 6. The van der Waals surface area contributed by atoms with E-state index in [2.05, 4.69) is 92.5 Å². The average Bonchev–Trinajstić information content (AvgIpc) is 2.79. The molecule has 1 aliphatic heterocycles. The first kappa shape index (κ1) is 18.3. The molecule has 1 aliphatic rings. The van der Waals surface area contributed by atoms with E-state index in [4.69, 9.17) is 4.52 Å². The molecule has 1 atom stereocenters. The van der Waals surface area contributed by atoms with Crippen LogP contribution in [0.1, 0.15) is 11.1 Å². The van der Waals surface area contributed by atoms with Gasteiger partial charge in [0.25, 0.3) is 0 Å². The van der Waals surface area contributed by atoms with Crippen LogP contribution in [0.15, 0.2) is 60.7 Å². The van der Waals surface area contributed by atoms with E-state index in [-0.39, 0.29) is 6.10 Å². The van der Waals surface area contributed by atoms with Crippen LogP contribution >= 0.6 is 28.5 Å². The Morgan fingerprint density at radius 2 is 1.29 bits per heavy atom. The predicted octanol–water partition coefficient (Wildman–Crippen LogP) is 4.33. The van der Waals surface area contributed by atoms with Gasteiger partial charge in [0.15, 0.2) is 0 Å². The number of hydrogen-bond donors (Lipinski definition) is 0. The van der Waals surface area contributed by atoms with E-state index in [0.717, 1.165) is 39.3 Å². The van der Waals surface area contributed by atoms with Crippen LogP contribution in [0.5, 0.6) is 0 Å². The monoisotopic (exact) mass is 454 g/mol. The molecule has 2 aromatic carbocycles. The minimum absolute atomic E-state index is 0.287. The lowest BCUT2D eigenvalue weighted by atomic mass is 10.2. The molecule has 128 valence electrons. The molecule has 1 heterocycles. The summed E-state index contributed by atoms with van der Waals surface area (Å²) in [5, 5.41) is 0. The predicted molar refractivity (Wildman–Crippen MR) is 111 cm³/mol. The number of benzene rings is 2. The van der Waals surface area contributed by atoms with Crippen molar-refractivity contribution >= 4 is 28.5 Å². The highest BCUT2D eigenvalue weighted by atomic mass is 127. The van der Waals surface area contributed by atoms with Gasteiger partial charge in [-0.2, -0.15) is 0 Å². The Balaban J connectivity index is 1.63. The van der Waals surface area contributed by atoms with Gasteiger partial charge < -0.3 is 4.52 Å². The van der Waals surface area contributed by atoms with Gasteiger partial charge in [-0.3, -0.25) is 9.80 Å². The highest BCUT2D eigenvalue weighted by Gasteiger charge is 2.23. The van der Waals surface area contributed by atoms with E-state index >= 15 is 0 Å². The molecule has 0 N–H and O–H groups in total. The van der Waals surface area contributed by atoms with Crippen molar-refractivity contribution in [2.75, 3.05) is 26.2 Å². The molecule has 0 amide bonds. The maximum Gasteiger partial charge on any atom is 0.0878 e. The third-order valence-electron chi connectivity index (χ3n) is 4.37. The quantitative estimate of drug-likeness (QED) is 0.478. The fraction of sp³-hybridized carbons (Fsp3) is 0.368. The van der Waals surface area contributed by atoms with Gasteiger partial charge in [-0.25, -0.2) is 0 Å². The zero-order valence-corrected chi connectivity index (χ0v) is 16.9. The van der Waals surface area contributed by atoms with Crippen molar-refractivity contribution in [2.45, 2.75) is 19.2 Å². The van der Waals surface area contributed by atoms with Crippen LogP contribution in [0.4, 0.5) is 0 Å². The molecule has 0 saturated carbocycles. The van der Waals surface area contributed by atoms with E-state index in [1.54, 1.807) is 0 Å². The number of halogens is 1. The first-order valence-corrected chi connectivity index (χ1v) is 12.4. The maximum atomic E-state index is 6.03. The summed E-state index contributed by atoms with van der Waals surface area (Å²) in [6.45, 7) is 6.72. The minimum Gasteiger partial charge on any atom is -0.346 e. The van der Waals surface area contributed by atoms with Gasteiger partial charge in [-0.1, -0.05) is 60.7 Å². The van der Waals surface area contributed by atoms with Gasteiger partial charge in [-0.15, -0.1) is 0 Å². The first-order chi connectivity index (χ1) is 11.8. The summed E-state index contributed by atoms with van der Waals surface area (Å²) >= 11 is 2.33. The molecule has 5 heteroatoms. The fourth-order valence-corrected chi connectivity index (χ4v) is 4.56. The molecule has 1 saturated heterocycles. The zero-order valence-electron chi connectivity index (χ0n) is 13.8. The SMILES string of the molecule is IPOC1CN(Cc2ccccc2)CCN(Cc2ccccc2)C1. The van der Waals surface area contributed by atoms with Gasteiger partial charge in [0, 0.05) is 39.3 Å². The topological polar surface area (TPSA) is 15.7 Å². The van der Waals surface area contributed by atoms with E-state index in [9.17, 15) is 0 Å². The molecule has 0 radical (unpaired) electrons. The van der Waals surface area contributed by atoms with Gasteiger partial charge in [0.1, 0.15) is 0 Å². The van der Waals surface area contributed by atoms with Crippen molar-refractivity contribution in [1.82, 2.24) is 9.80 Å². The van der Waals surface area contributed by atoms with Crippen molar-refractivity contribution in [3.63, 3.8) is 0 Å². The van der Waals surface area contributed by atoms with E-state index < -0.39 is 0 Å². The van der Waals surface area contributed by atoms with E-state index in [1.807, 2.05) is 0 Å². The summed E-state index contributed by atoms with van der Waals surface area (Å²) in [5.41, 5.74) is 2.76. The summed E-state index contributed by atoms with van der Waals surface area (Å²) in [7, 11) is 0. The number of nitrogens with zero attached hydrogens (tertiary/aromatic N) is 2. The van der Waals surface area contributed by atoms with Crippen molar-refractivity contribution in [3.05, 3.63) is 71.8 Å². The smallest absolute Gasteiger partial charge is 0.0878 e. The highest BCUT2D eigenvalue weighted by molar-refractivity contribution is 14.2. The fourth-order valence-electron chi connectivity index (χ4n) is 3.21. The summed E-state index contributed by atoms with van der Waals surface area (Å²) in [6.07, 6.45) is 0.287. The first-order valence-electron chi connectivity index (χ1n) is 8.37. The Morgan fingerprint density at radius 1 is 0.833 bits per heavy atom. The van der Waals surface area contributed by atoms with Crippen LogP contribution in [-0.4, -0.2) is 42.1 Å². The van der Waals surface area contributed by atoms with Crippen LogP contribution in [-0.2, 0) is 17.6 Å². The molecule has 24 heavy (non-hydrogen) atoms. The molecular formula is C19H24IN2OP. The molecule has 0 aliphatic carbocycles. The zero-order chi connectivity index (χ0) is 16.6. The normalized spacial score (nSPS) is 18.2. The summed E-state index contributed by atoms with van der Waals surface area (Å²) in [5.74, 6) is 0.